The quantitative estimate of drug-likeness (QED) is 0.689. The summed E-state index contributed by atoms with van der Waals surface area (Å²) >= 11 is 2.71. The normalized spacial score (nSPS) is 10.8. The summed E-state index contributed by atoms with van der Waals surface area (Å²) in [7, 11) is 0. The van der Waals surface area contributed by atoms with Crippen LogP contribution in [0.2, 0.25) is 0 Å². The third kappa shape index (κ3) is 3.77. The predicted molar refractivity (Wildman–Crippen MR) is 91.2 cm³/mol. The molecule has 4 nitrogen and oxygen atoms in total. The van der Waals surface area contributed by atoms with Gasteiger partial charge in [0.1, 0.15) is 5.75 Å². The number of anilines is 1. The molecule has 0 aliphatic rings. The average molecular weight is 366 g/mol. The van der Waals surface area contributed by atoms with Crippen molar-refractivity contribution in [3.05, 3.63) is 51.5 Å². The van der Waals surface area contributed by atoms with Gasteiger partial charge in [0, 0.05) is 10.4 Å². The number of aryl methyl sites for hydroxylation is 1. The lowest BCUT2D eigenvalue weighted by molar-refractivity contribution is -0.0498. The zero-order chi connectivity index (χ0) is 17.1. The van der Waals surface area contributed by atoms with Crippen LogP contribution in [0.25, 0.3) is 11.3 Å². The Bertz CT molecular complexity index is 830. The van der Waals surface area contributed by atoms with Crippen molar-refractivity contribution < 1.29 is 18.3 Å². The maximum atomic E-state index is 12.2. The summed E-state index contributed by atoms with van der Waals surface area (Å²) in [6.45, 7) is -0.965. The number of ether oxygens (including phenoxy) is 1. The average Bonchev–Trinajstić information content (AvgIpc) is 3.17. The van der Waals surface area contributed by atoms with E-state index in [4.69, 9.17) is 0 Å². The Hall–Kier alpha value is -2.32. The Morgan fingerprint density at radius 3 is 2.62 bits per heavy atom. The first-order valence-electron chi connectivity index (χ1n) is 6.90. The summed E-state index contributed by atoms with van der Waals surface area (Å²) in [5.74, 6) is -0.112. The van der Waals surface area contributed by atoms with E-state index in [0.29, 0.717) is 15.7 Å². The molecule has 1 amide bonds. The number of alkyl halides is 2. The number of hydrogen-bond donors (Lipinski definition) is 1. The zero-order valence-corrected chi connectivity index (χ0v) is 14.1. The van der Waals surface area contributed by atoms with E-state index in [-0.39, 0.29) is 11.7 Å². The molecule has 0 atom stereocenters. The number of halogens is 2. The fourth-order valence-electron chi connectivity index (χ4n) is 2.08. The Morgan fingerprint density at radius 2 is 2.00 bits per heavy atom. The summed E-state index contributed by atoms with van der Waals surface area (Å²) in [5.41, 5.74) is 1.46. The highest BCUT2D eigenvalue weighted by atomic mass is 32.1. The number of thiophene rings is 1. The first-order valence-corrected chi connectivity index (χ1v) is 8.60. The Balaban J connectivity index is 1.77. The van der Waals surface area contributed by atoms with E-state index in [0.717, 1.165) is 10.4 Å². The van der Waals surface area contributed by atoms with Gasteiger partial charge in [-0.25, -0.2) is 4.98 Å². The first kappa shape index (κ1) is 16.5. The highest BCUT2D eigenvalue weighted by molar-refractivity contribution is 7.16. The summed E-state index contributed by atoms with van der Waals surface area (Å²) in [4.78, 5) is 18.0. The van der Waals surface area contributed by atoms with Crippen molar-refractivity contribution in [3.63, 3.8) is 0 Å². The van der Waals surface area contributed by atoms with Crippen molar-refractivity contribution in [1.82, 2.24) is 4.98 Å². The van der Waals surface area contributed by atoms with Crippen LogP contribution in [0.15, 0.2) is 41.8 Å². The third-order valence-corrected chi connectivity index (χ3v) is 4.87. The molecule has 0 saturated carbocycles. The number of thiazole rings is 1. The smallest absolute Gasteiger partial charge is 0.387 e. The predicted octanol–water partition coefficient (Wildman–Crippen LogP) is 5.03. The summed E-state index contributed by atoms with van der Waals surface area (Å²) < 4.78 is 28.7. The van der Waals surface area contributed by atoms with E-state index >= 15 is 0 Å². The third-order valence-electron chi connectivity index (χ3n) is 3.11. The number of hydrogen-bond acceptors (Lipinski definition) is 5. The number of amides is 1. The molecule has 2 heterocycles. The van der Waals surface area contributed by atoms with Crippen LogP contribution in [-0.2, 0) is 0 Å². The van der Waals surface area contributed by atoms with Crippen LogP contribution in [-0.4, -0.2) is 17.5 Å². The molecule has 0 bridgehead atoms. The topological polar surface area (TPSA) is 51.2 Å². The molecule has 0 radical (unpaired) electrons. The van der Waals surface area contributed by atoms with Gasteiger partial charge in [0.2, 0.25) is 0 Å². The van der Waals surface area contributed by atoms with Gasteiger partial charge in [-0.2, -0.15) is 8.78 Å². The lowest BCUT2D eigenvalue weighted by Crippen LogP contribution is -2.09. The van der Waals surface area contributed by atoms with Gasteiger partial charge in [0.25, 0.3) is 5.91 Å². The van der Waals surface area contributed by atoms with Gasteiger partial charge in [0.15, 0.2) is 5.13 Å². The molecule has 0 saturated heterocycles. The van der Waals surface area contributed by atoms with Crippen LogP contribution in [0, 0.1) is 6.92 Å². The van der Waals surface area contributed by atoms with E-state index in [9.17, 15) is 13.6 Å². The summed E-state index contributed by atoms with van der Waals surface area (Å²) in [6, 6.07) is 9.79. The Morgan fingerprint density at radius 1 is 1.25 bits per heavy atom. The van der Waals surface area contributed by atoms with Crippen molar-refractivity contribution >= 4 is 33.7 Å². The summed E-state index contributed by atoms with van der Waals surface area (Å²) in [6.07, 6.45) is 0. The molecule has 3 rings (SSSR count). The molecule has 1 aromatic carbocycles. The minimum atomic E-state index is -2.85. The molecule has 24 heavy (non-hydrogen) atoms. The second-order valence-corrected chi connectivity index (χ2v) is 6.91. The molecular formula is C16H12F2N2O2S2. The van der Waals surface area contributed by atoms with Gasteiger partial charge in [0.05, 0.1) is 10.6 Å². The fraction of sp³-hybridized carbons (Fsp3) is 0.125. The minimum Gasteiger partial charge on any atom is -0.435 e. The number of carbonyl (C=O) groups is 1. The summed E-state index contributed by atoms with van der Waals surface area (Å²) in [5, 5.41) is 5.09. The highest BCUT2D eigenvalue weighted by Crippen LogP contribution is 2.31. The highest BCUT2D eigenvalue weighted by Gasteiger charge is 2.14. The van der Waals surface area contributed by atoms with Gasteiger partial charge in [-0.3, -0.25) is 10.1 Å². The van der Waals surface area contributed by atoms with Gasteiger partial charge >= 0.3 is 6.61 Å². The Labute approximate surface area is 144 Å². The van der Waals surface area contributed by atoms with E-state index in [2.05, 4.69) is 15.0 Å². The number of rotatable bonds is 5. The van der Waals surface area contributed by atoms with Crippen LogP contribution in [0.1, 0.15) is 14.5 Å². The molecule has 124 valence electrons. The lowest BCUT2D eigenvalue weighted by Gasteiger charge is -2.05. The number of nitrogens with zero attached hydrogens (tertiary/aromatic N) is 1. The molecule has 0 aliphatic carbocycles. The molecule has 0 fully saturated rings. The SMILES string of the molecule is Cc1sc(NC(=O)c2cccs2)nc1-c1ccc(OC(F)F)cc1. The van der Waals surface area contributed by atoms with Gasteiger partial charge in [-0.05, 0) is 42.6 Å². The van der Waals surface area contributed by atoms with Crippen molar-refractivity contribution in [2.45, 2.75) is 13.5 Å². The number of benzene rings is 1. The monoisotopic (exact) mass is 366 g/mol. The second-order valence-electron chi connectivity index (χ2n) is 4.76. The molecule has 1 N–H and O–H groups in total. The maximum Gasteiger partial charge on any atom is 0.387 e. The number of nitrogens with one attached hydrogen (secondary N) is 1. The van der Waals surface area contributed by atoms with E-state index in [1.807, 2.05) is 12.3 Å². The van der Waals surface area contributed by atoms with E-state index in [1.165, 1.54) is 34.8 Å². The van der Waals surface area contributed by atoms with Gasteiger partial charge < -0.3 is 4.74 Å². The van der Waals surface area contributed by atoms with E-state index < -0.39 is 6.61 Å². The maximum absolute atomic E-state index is 12.2. The van der Waals surface area contributed by atoms with E-state index in [1.54, 1.807) is 24.3 Å². The van der Waals surface area contributed by atoms with Crippen LogP contribution < -0.4 is 10.1 Å². The molecule has 2 aromatic heterocycles. The van der Waals surface area contributed by atoms with Crippen LogP contribution >= 0.6 is 22.7 Å². The number of aromatic nitrogens is 1. The van der Waals surface area contributed by atoms with Crippen LogP contribution in [0.4, 0.5) is 13.9 Å². The van der Waals surface area contributed by atoms with Crippen molar-refractivity contribution in [3.8, 4) is 17.0 Å². The molecule has 0 unspecified atom stereocenters. The largest absolute Gasteiger partial charge is 0.435 e. The first-order chi connectivity index (χ1) is 11.5. The van der Waals surface area contributed by atoms with Crippen molar-refractivity contribution in [2.75, 3.05) is 5.32 Å². The Kier molecular flexibility index (Phi) is 4.86. The van der Waals surface area contributed by atoms with Crippen molar-refractivity contribution in [2.24, 2.45) is 0 Å². The van der Waals surface area contributed by atoms with Gasteiger partial charge in [-0.1, -0.05) is 6.07 Å². The van der Waals surface area contributed by atoms with Gasteiger partial charge in [-0.15, -0.1) is 22.7 Å². The zero-order valence-electron chi connectivity index (χ0n) is 12.5. The molecular weight excluding hydrogens is 354 g/mol. The molecule has 8 heteroatoms. The number of carbonyl (C=O) groups excluding carboxylic acids is 1. The van der Waals surface area contributed by atoms with Crippen molar-refractivity contribution in [1.29, 1.82) is 0 Å². The fourth-order valence-corrected chi connectivity index (χ4v) is 3.53. The lowest BCUT2D eigenvalue weighted by atomic mass is 10.1. The van der Waals surface area contributed by atoms with Crippen LogP contribution in [0.3, 0.4) is 0 Å². The molecule has 3 aromatic rings. The van der Waals surface area contributed by atoms with Crippen LogP contribution in [0.5, 0.6) is 5.75 Å². The minimum absolute atomic E-state index is 0.0906. The molecule has 0 aliphatic heterocycles. The molecule has 0 spiro atoms. The second kappa shape index (κ2) is 7.06. The standard InChI is InChI=1S/C16H12F2N2O2S2/c1-9-13(10-4-6-11(7-5-10)22-15(17)18)19-16(24-9)20-14(21)12-3-2-8-23-12/h2-8,15H,1H3,(H,19,20,21).